The molecule has 0 saturated heterocycles. The Morgan fingerprint density at radius 3 is 2.64 bits per heavy atom. The molecule has 0 atom stereocenters. The number of rotatable bonds is 2. The Kier molecular flexibility index (Phi) is 3.91. The van der Waals surface area contributed by atoms with E-state index in [0.717, 1.165) is 4.68 Å². The van der Waals surface area contributed by atoms with Gasteiger partial charge in [-0.2, -0.15) is 18.3 Å². The number of halogens is 4. The number of ether oxygens (including phenoxy) is 1. The quantitative estimate of drug-likeness (QED) is 0.722. The van der Waals surface area contributed by atoms with Crippen LogP contribution in [0.4, 0.5) is 13.2 Å². The lowest BCUT2D eigenvalue weighted by Gasteiger charge is -2.10. The number of fused-ring (bicyclic) bond motifs is 1. The van der Waals surface area contributed by atoms with Gasteiger partial charge in [0.25, 0.3) is 0 Å². The number of aromatic amines is 1. The first-order chi connectivity index (χ1) is 11.6. The molecule has 3 rings (SSSR count). The highest BCUT2D eigenvalue weighted by Crippen LogP contribution is 2.37. The fraction of sp³-hybridized carbons (Fsp3) is 0.200. The number of hydrogen-bond donors (Lipinski definition) is 2. The van der Waals surface area contributed by atoms with E-state index in [1.54, 1.807) is 6.07 Å². The number of aromatic nitrogens is 3. The fourth-order valence-electron chi connectivity index (χ4n) is 2.51. The minimum absolute atomic E-state index is 0.127. The van der Waals surface area contributed by atoms with Crippen molar-refractivity contribution >= 4 is 22.6 Å². The Bertz CT molecular complexity index is 1040. The normalized spacial score (nSPS) is 11.9. The summed E-state index contributed by atoms with van der Waals surface area (Å²) in [4.78, 5) is 15.0. The van der Waals surface area contributed by atoms with Gasteiger partial charge in [-0.3, -0.25) is 9.48 Å². The largest absolute Gasteiger partial charge is 0.503 e. The number of aryl methyl sites for hydroxylation is 1. The number of methoxy groups -OCH3 is 1. The Morgan fingerprint density at radius 2 is 2.04 bits per heavy atom. The highest BCUT2D eigenvalue weighted by Gasteiger charge is 2.38. The lowest BCUT2D eigenvalue weighted by molar-refractivity contribution is -0.140. The molecule has 0 fully saturated rings. The monoisotopic (exact) mass is 373 g/mol. The van der Waals surface area contributed by atoms with Crippen LogP contribution in [0.15, 0.2) is 23.0 Å². The fourth-order valence-corrected chi connectivity index (χ4v) is 2.72. The first-order valence-electron chi connectivity index (χ1n) is 6.88. The molecule has 0 aliphatic rings. The molecule has 3 aromatic rings. The first kappa shape index (κ1) is 17.2. The van der Waals surface area contributed by atoms with Crippen molar-refractivity contribution < 1.29 is 23.0 Å². The van der Waals surface area contributed by atoms with Gasteiger partial charge in [0.2, 0.25) is 5.43 Å². The predicted octanol–water partition coefficient (Wildman–Crippen LogP) is 3.32. The number of H-pyrrole nitrogens is 1. The van der Waals surface area contributed by atoms with Gasteiger partial charge >= 0.3 is 6.18 Å². The summed E-state index contributed by atoms with van der Waals surface area (Å²) < 4.78 is 45.2. The Morgan fingerprint density at radius 1 is 1.36 bits per heavy atom. The molecule has 2 heterocycles. The third kappa shape index (κ3) is 2.70. The van der Waals surface area contributed by atoms with Gasteiger partial charge in [0.1, 0.15) is 16.8 Å². The standard InChI is InChI=1S/C15H11ClF3N3O3/c1-22-14-9(13(21-22)15(17,18)19)11(23)12(24)10(20-14)7-5-6(25-2)3-4-8(7)16/h3-5,24H,1-2H3,(H,20,23). The van der Waals surface area contributed by atoms with Crippen molar-refractivity contribution in [3.63, 3.8) is 0 Å². The van der Waals surface area contributed by atoms with Crippen molar-refractivity contribution in [2.24, 2.45) is 7.05 Å². The highest BCUT2D eigenvalue weighted by molar-refractivity contribution is 6.33. The van der Waals surface area contributed by atoms with Crippen molar-refractivity contribution in [3.05, 3.63) is 39.1 Å². The Balaban J connectivity index is 2.39. The van der Waals surface area contributed by atoms with Crippen LogP contribution in [0.2, 0.25) is 5.02 Å². The topological polar surface area (TPSA) is 80.1 Å². The van der Waals surface area contributed by atoms with E-state index in [-0.39, 0.29) is 21.9 Å². The summed E-state index contributed by atoms with van der Waals surface area (Å²) in [5.41, 5.74) is -2.68. The molecule has 6 nitrogen and oxygen atoms in total. The van der Waals surface area contributed by atoms with E-state index < -0.39 is 28.4 Å². The number of aromatic hydroxyl groups is 1. The summed E-state index contributed by atoms with van der Waals surface area (Å²) in [6.07, 6.45) is -4.84. The first-order valence-corrected chi connectivity index (χ1v) is 7.26. The lowest BCUT2D eigenvalue weighted by atomic mass is 10.1. The molecule has 0 aliphatic carbocycles. The van der Waals surface area contributed by atoms with Crippen molar-refractivity contribution in [3.8, 4) is 22.8 Å². The smallest absolute Gasteiger partial charge is 0.435 e. The maximum absolute atomic E-state index is 13.1. The second kappa shape index (κ2) is 5.69. The third-order valence-electron chi connectivity index (χ3n) is 3.68. The molecular weight excluding hydrogens is 363 g/mol. The van der Waals surface area contributed by atoms with Crippen LogP contribution in [0, 0.1) is 0 Å². The van der Waals surface area contributed by atoms with Gasteiger partial charge in [-0.15, -0.1) is 0 Å². The maximum atomic E-state index is 13.1. The van der Waals surface area contributed by atoms with Crippen molar-refractivity contribution in [1.29, 1.82) is 0 Å². The summed E-state index contributed by atoms with van der Waals surface area (Å²) >= 11 is 6.09. The van der Waals surface area contributed by atoms with Gasteiger partial charge in [-0.25, -0.2) is 0 Å². The van der Waals surface area contributed by atoms with Crippen LogP contribution in [0.3, 0.4) is 0 Å². The summed E-state index contributed by atoms with van der Waals surface area (Å²) in [5, 5.41) is 13.0. The average molecular weight is 374 g/mol. The second-order valence-corrected chi connectivity index (χ2v) is 5.62. The molecule has 2 aromatic heterocycles. The van der Waals surface area contributed by atoms with Gasteiger partial charge in [-0.1, -0.05) is 11.6 Å². The number of nitrogens with zero attached hydrogens (tertiary/aromatic N) is 2. The zero-order chi connectivity index (χ0) is 18.5. The van der Waals surface area contributed by atoms with Crippen LogP contribution in [0.25, 0.3) is 22.3 Å². The van der Waals surface area contributed by atoms with Gasteiger partial charge in [0, 0.05) is 12.6 Å². The Labute approximate surface area is 143 Å². The molecule has 0 amide bonds. The summed E-state index contributed by atoms with van der Waals surface area (Å²) in [6, 6.07) is 4.48. The van der Waals surface area contributed by atoms with Gasteiger partial charge in [0.05, 0.1) is 17.8 Å². The zero-order valence-electron chi connectivity index (χ0n) is 12.9. The highest BCUT2D eigenvalue weighted by atomic mass is 35.5. The predicted molar refractivity (Wildman–Crippen MR) is 85.0 cm³/mol. The summed E-state index contributed by atoms with van der Waals surface area (Å²) in [7, 11) is 2.66. The molecule has 0 spiro atoms. The molecule has 2 N–H and O–H groups in total. The molecule has 132 valence electrons. The number of pyridine rings is 1. The molecule has 0 saturated carbocycles. The van der Waals surface area contributed by atoms with E-state index >= 15 is 0 Å². The molecular formula is C15H11ClF3N3O3. The lowest BCUT2D eigenvalue weighted by Crippen LogP contribution is -2.12. The molecule has 10 heteroatoms. The summed E-state index contributed by atoms with van der Waals surface area (Å²) in [6.45, 7) is 0. The minimum Gasteiger partial charge on any atom is -0.503 e. The molecule has 1 aromatic carbocycles. The molecule has 0 bridgehead atoms. The SMILES string of the molecule is COc1ccc(Cl)c(-c2[nH]c3c(c(C(F)(F)F)nn3C)c(=O)c2O)c1. The molecule has 25 heavy (non-hydrogen) atoms. The van der Waals surface area contributed by atoms with Crippen molar-refractivity contribution in [2.75, 3.05) is 7.11 Å². The zero-order valence-corrected chi connectivity index (χ0v) is 13.7. The van der Waals surface area contributed by atoms with E-state index in [1.807, 2.05) is 0 Å². The molecule has 0 aliphatic heterocycles. The maximum Gasteiger partial charge on any atom is 0.435 e. The minimum atomic E-state index is -4.84. The number of hydrogen-bond acceptors (Lipinski definition) is 4. The van der Waals surface area contributed by atoms with Crippen molar-refractivity contribution in [1.82, 2.24) is 14.8 Å². The number of alkyl halides is 3. The average Bonchev–Trinajstić information content (AvgIpc) is 2.89. The van der Waals surface area contributed by atoms with Crippen LogP contribution >= 0.6 is 11.6 Å². The van der Waals surface area contributed by atoms with Crippen LogP contribution in [0.5, 0.6) is 11.5 Å². The summed E-state index contributed by atoms with van der Waals surface area (Å²) in [5.74, 6) is -0.498. The van der Waals surface area contributed by atoms with Gasteiger partial charge in [-0.05, 0) is 18.2 Å². The molecule has 0 radical (unpaired) electrons. The van der Waals surface area contributed by atoms with E-state index in [0.29, 0.717) is 5.75 Å². The molecule has 0 unspecified atom stereocenters. The van der Waals surface area contributed by atoms with Crippen LogP contribution in [-0.4, -0.2) is 27.0 Å². The van der Waals surface area contributed by atoms with Crippen LogP contribution in [0.1, 0.15) is 5.69 Å². The number of benzene rings is 1. The van der Waals surface area contributed by atoms with Crippen LogP contribution in [-0.2, 0) is 13.2 Å². The second-order valence-electron chi connectivity index (χ2n) is 5.22. The van der Waals surface area contributed by atoms with E-state index in [2.05, 4.69) is 10.1 Å². The number of nitrogens with one attached hydrogen (secondary N) is 1. The Hall–Kier alpha value is -2.68. The third-order valence-corrected chi connectivity index (χ3v) is 4.01. The van der Waals surface area contributed by atoms with Gasteiger partial charge in [0.15, 0.2) is 11.4 Å². The van der Waals surface area contributed by atoms with Crippen LogP contribution < -0.4 is 10.2 Å². The van der Waals surface area contributed by atoms with Crippen molar-refractivity contribution in [2.45, 2.75) is 6.18 Å². The van der Waals surface area contributed by atoms with E-state index in [4.69, 9.17) is 16.3 Å². The van der Waals surface area contributed by atoms with Gasteiger partial charge < -0.3 is 14.8 Å². The van der Waals surface area contributed by atoms with E-state index in [1.165, 1.54) is 26.3 Å². The van der Waals surface area contributed by atoms with E-state index in [9.17, 15) is 23.1 Å².